The van der Waals surface area contributed by atoms with Crippen molar-refractivity contribution in [3.8, 4) is 0 Å². The predicted molar refractivity (Wildman–Crippen MR) is 106 cm³/mol. The predicted octanol–water partition coefficient (Wildman–Crippen LogP) is 2.69. The van der Waals surface area contributed by atoms with Crippen LogP contribution in [0, 0.1) is 5.82 Å². The maximum atomic E-state index is 13.0. The first-order valence-electron chi connectivity index (χ1n) is 10.1. The molecule has 1 unspecified atom stereocenters. The van der Waals surface area contributed by atoms with E-state index in [1.54, 1.807) is 19.0 Å². The normalized spacial score (nSPS) is 20.5. The summed E-state index contributed by atoms with van der Waals surface area (Å²) in [4.78, 5) is 24.5. The minimum Gasteiger partial charge on any atom is -0.475 e. The minimum absolute atomic E-state index is 0.00699. The number of hydrogen-bond donors (Lipinski definition) is 1. The van der Waals surface area contributed by atoms with Crippen LogP contribution in [0.15, 0.2) is 24.3 Å². The number of hydrogen-bond acceptors (Lipinski definition) is 5. The Morgan fingerprint density at radius 2 is 1.78 bits per heavy atom. The van der Waals surface area contributed by atoms with E-state index in [0.717, 1.165) is 44.5 Å². The number of piperidine rings is 1. The average molecular weight is 464 g/mol. The van der Waals surface area contributed by atoms with Gasteiger partial charge in [0, 0.05) is 40.2 Å². The summed E-state index contributed by atoms with van der Waals surface area (Å²) < 4.78 is 56.5. The number of carboxylic acid groups (broad SMARTS) is 1. The van der Waals surface area contributed by atoms with Gasteiger partial charge in [-0.3, -0.25) is 9.69 Å². The van der Waals surface area contributed by atoms with E-state index < -0.39 is 12.1 Å². The van der Waals surface area contributed by atoms with Crippen molar-refractivity contribution in [3.63, 3.8) is 0 Å². The zero-order valence-electron chi connectivity index (χ0n) is 18.0. The van der Waals surface area contributed by atoms with Gasteiger partial charge in [0.1, 0.15) is 12.4 Å². The lowest BCUT2D eigenvalue weighted by atomic mass is 9.88. The molecule has 0 radical (unpaired) electrons. The Balaban J connectivity index is 0.000000451. The summed E-state index contributed by atoms with van der Waals surface area (Å²) in [5.74, 6) is -2.97. The van der Waals surface area contributed by atoms with Gasteiger partial charge in [-0.25, -0.2) is 9.18 Å². The molecule has 2 aliphatic rings. The standard InChI is InChI=1S/C19H27FN2O3.C2HF3O2/c1-21(2)18(23)14-24-17-11-19(25-13-17)7-9-22(10-8-19)12-15-3-5-16(20)6-4-15;3-2(4,5)1(6)7/h3-6,17H,7-14H2,1-2H3;(H,6,7). The summed E-state index contributed by atoms with van der Waals surface area (Å²) in [6, 6.07) is 6.71. The number of amides is 1. The Hall–Kier alpha value is -2.24. The summed E-state index contributed by atoms with van der Waals surface area (Å²) in [7, 11) is 3.46. The maximum absolute atomic E-state index is 13.0. The summed E-state index contributed by atoms with van der Waals surface area (Å²) in [5.41, 5.74) is 1.03. The molecule has 3 rings (SSSR count). The van der Waals surface area contributed by atoms with Crippen molar-refractivity contribution in [2.45, 2.75) is 43.7 Å². The highest BCUT2D eigenvalue weighted by Gasteiger charge is 2.43. The molecule has 1 aromatic carbocycles. The fraction of sp³-hybridized carbons (Fsp3) is 0.619. The number of carbonyl (C=O) groups excluding carboxylic acids is 1. The first-order valence-corrected chi connectivity index (χ1v) is 10.1. The van der Waals surface area contributed by atoms with Gasteiger partial charge in [0.2, 0.25) is 5.91 Å². The van der Waals surface area contributed by atoms with E-state index in [1.807, 2.05) is 12.1 Å². The molecule has 1 spiro atoms. The molecule has 7 nitrogen and oxygen atoms in total. The first-order chi connectivity index (χ1) is 14.9. The smallest absolute Gasteiger partial charge is 0.475 e. The van der Waals surface area contributed by atoms with E-state index in [2.05, 4.69) is 4.90 Å². The summed E-state index contributed by atoms with van der Waals surface area (Å²) in [5, 5.41) is 7.12. The van der Waals surface area contributed by atoms with Crippen LogP contribution in [0.4, 0.5) is 17.6 Å². The van der Waals surface area contributed by atoms with E-state index in [0.29, 0.717) is 6.61 Å². The van der Waals surface area contributed by atoms with Crippen molar-refractivity contribution in [2.24, 2.45) is 0 Å². The lowest BCUT2D eigenvalue weighted by molar-refractivity contribution is -0.192. The molecule has 1 amide bonds. The Morgan fingerprint density at radius 1 is 1.22 bits per heavy atom. The van der Waals surface area contributed by atoms with E-state index >= 15 is 0 Å². The third-order valence-electron chi connectivity index (χ3n) is 5.45. The molecule has 1 atom stereocenters. The third kappa shape index (κ3) is 8.03. The maximum Gasteiger partial charge on any atom is 0.490 e. The fourth-order valence-electron chi connectivity index (χ4n) is 3.54. The second-order valence-corrected chi connectivity index (χ2v) is 8.12. The van der Waals surface area contributed by atoms with E-state index in [-0.39, 0.29) is 30.0 Å². The van der Waals surface area contributed by atoms with Gasteiger partial charge in [0.25, 0.3) is 0 Å². The Kier molecular flexibility index (Phi) is 8.99. The van der Waals surface area contributed by atoms with Crippen molar-refractivity contribution >= 4 is 11.9 Å². The molecule has 0 aromatic heterocycles. The van der Waals surface area contributed by atoms with Gasteiger partial charge >= 0.3 is 12.1 Å². The Bertz CT molecular complexity index is 762. The molecule has 2 aliphatic heterocycles. The van der Waals surface area contributed by atoms with Crippen molar-refractivity contribution in [1.82, 2.24) is 9.80 Å². The zero-order chi connectivity index (χ0) is 23.9. The number of benzene rings is 1. The number of likely N-dealkylation sites (N-methyl/N-ethyl adjacent to an activating group) is 1. The van der Waals surface area contributed by atoms with Crippen LogP contribution in [0.2, 0.25) is 0 Å². The van der Waals surface area contributed by atoms with Gasteiger partial charge in [-0.2, -0.15) is 13.2 Å². The van der Waals surface area contributed by atoms with Gasteiger partial charge in [0.05, 0.1) is 18.3 Å². The van der Waals surface area contributed by atoms with Gasteiger partial charge in [-0.15, -0.1) is 0 Å². The zero-order valence-corrected chi connectivity index (χ0v) is 18.0. The number of carbonyl (C=O) groups is 2. The monoisotopic (exact) mass is 464 g/mol. The van der Waals surface area contributed by atoms with E-state index in [1.165, 1.54) is 12.1 Å². The topological polar surface area (TPSA) is 79.3 Å². The highest BCUT2D eigenvalue weighted by molar-refractivity contribution is 5.76. The number of likely N-dealkylation sites (tertiary alicyclic amines) is 1. The fourth-order valence-corrected chi connectivity index (χ4v) is 3.54. The van der Waals surface area contributed by atoms with Crippen LogP contribution in [-0.4, -0.2) is 85.1 Å². The molecule has 2 saturated heterocycles. The van der Waals surface area contributed by atoms with Crippen LogP contribution in [-0.2, 0) is 25.6 Å². The number of nitrogens with zero attached hydrogens (tertiary/aromatic N) is 2. The molecule has 1 N–H and O–H groups in total. The summed E-state index contributed by atoms with van der Waals surface area (Å²) in [6.07, 6.45) is -2.28. The first kappa shape index (κ1) is 26.0. The summed E-state index contributed by atoms with van der Waals surface area (Å²) in [6.45, 7) is 3.45. The van der Waals surface area contributed by atoms with Gasteiger partial charge in [-0.1, -0.05) is 12.1 Å². The van der Waals surface area contributed by atoms with Crippen molar-refractivity contribution in [2.75, 3.05) is 40.4 Å². The quantitative estimate of drug-likeness (QED) is 0.676. The van der Waals surface area contributed by atoms with Crippen molar-refractivity contribution in [3.05, 3.63) is 35.6 Å². The molecule has 0 saturated carbocycles. The van der Waals surface area contributed by atoms with Crippen molar-refractivity contribution < 1.29 is 41.7 Å². The molecular weight excluding hydrogens is 436 g/mol. The lowest BCUT2D eigenvalue weighted by Gasteiger charge is -2.38. The molecule has 0 bridgehead atoms. The van der Waals surface area contributed by atoms with Crippen molar-refractivity contribution in [1.29, 1.82) is 0 Å². The molecule has 1 aromatic rings. The average Bonchev–Trinajstić information content (AvgIpc) is 3.12. The third-order valence-corrected chi connectivity index (χ3v) is 5.45. The molecule has 0 aliphatic carbocycles. The Morgan fingerprint density at radius 3 is 2.28 bits per heavy atom. The van der Waals surface area contributed by atoms with Crippen LogP contribution in [0.25, 0.3) is 0 Å². The Labute approximate surface area is 183 Å². The van der Waals surface area contributed by atoms with Gasteiger partial charge in [-0.05, 0) is 30.5 Å². The second-order valence-electron chi connectivity index (χ2n) is 8.12. The van der Waals surface area contributed by atoms with E-state index in [9.17, 15) is 22.4 Å². The van der Waals surface area contributed by atoms with E-state index in [4.69, 9.17) is 19.4 Å². The second kappa shape index (κ2) is 11.1. The molecule has 32 heavy (non-hydrogen) atoms. The minimum atomic E-state index is -5.08. The highest BCUT2D eigenvalue weighted by atomic mass is 19.4. The molecule has 180 valence electrons. The lowest BCUT2D eigenvalue weighted by Crippen LogP contribution is -2.44. The van der Waals surface area contributed by atoms with Crippen LogP contribution in [0.1, 0.15) is 24.8 Å². The van der Waals surface area contributed by atoms with Crippen LogP contribution in [0.5, 0.6) is 0 Å². The number of ether oxygens (including phenoxy) is 2. The number of carboxylic acids is 1. The SMILES string of the molecule is CN(C)C(=O)COC1COC2(CCN(Cc3ccc(F)cc3)CC2)C1.O=C(O)C(F)(F)F. The number of alkyl halides is 3. The highest BCUT2D eigenvalue weighted by Crippen LogP contribution is 2.37. The number of aliphatic carboxylic acids is 1. The number of halogens is 4. The van der Waals surface area contributed by atoms with Crippen LogP contribution >= 0.6 is 0 Å². The molecule has 11 heteroatoms. The molecule has 2 heterocycles. The largest absolute Gasteiger partial charge is 0.490 e. The van der Waals surface area contributed by atoms with Gasteiger partial charge in [0.15, 0.2) is 0 Å². The van der Waals surface area contributed by atoms with Gasteiger partial charge < -0.3 is 19.5 Å². The number of rotatable bonds is 5. The summed E-state index contributed by atoms with van der Waals surface area (Å²) >= 11 is 0. The van der Waals surface area contributed by atoms with Crippen LogP contribution < -0.4 is 0 Å². The molecular formula is C21H28F4N2O5. The van der Waals surface area contributed by atoms with Crippen LogP contribution in [0.3, 0.4) is 0 Å². The molecule has 2 fully saturated rings.